The van der Waals surface area contributed by atoms with Gasteiger partial charge in [0.05, 0.1) is 4.92 Å². The van der Waals surface area contributed by atoms with Gasteiger partial charge in [-0.25, -0.2) is 0 Å². The molecule has 19 heavy (non-hydrogen) atoms. The summed E-state index contributed by atoms with van der Waals surface area (Å²) in [7, 11) is 0. The van der Waals surface area contributed by atoms with Crippen molar-refractivity contribution in [2.75, 3.05) is 12.4 Å². The zero-order chi connectivity index (χ0) is 14.4. The highest BCUT2D eigenvalue weighted by Crippen LogP contribution is 2.16. The van der Waals surface area contributed by atoms with E-state index in [1.807, 2.05) is 6.92 Å². The molecule has 1 aromatic rings. The Labute approximate surface area is 117 Å². The quantitative estimate of drug-likeness (QED) is 0.496. The van der Waals surface area contributed by atoms with Crippen LogP contribution in [0.15, 0.2) is 18.2 Å². The Bertz CT molecular complexity index is 477. The van der Waals surface area contributed by atoms with E-state index >= 15 is 0 Å². The van der Waals surface area contributed by atoms with E-state index in [4.69, 9.17) is 11.6 Å². The molecule has 0 fully saturated rings. The summed E-state index contributed by atoms with van der Waals surface area (Å²) in [5.41, 5.74) is 0.928. The van der Waals surface area contributed by atoms with Crippen LogP contribution in [0.3, 0.4) is 0 Å². The molecule has 6 heteroatoms. The number of aryl methyl sites for hydroxylation is 1. The first-order chi connectivity index (χ1) is 8.93. The summed E-state index contributed by atoms with van der Waals surface area (Å²) >= 11 is 5.62. The van der Waals surface area contributed by atoms with Gasteiger partial charge < -0.3 is 5.32 Å². The van der Waals surface area contributed by atoms with Crippen molar-refractivity contribution in [3.8, 4) is 0 Å². The lowest BCUT2D eigenvalue weighted by Gasteiger charge is -2.11. The van der Waals surface area contributed by atoms with Gasteiger partial charge >= 0.3 is 0 Å². The standard InChI is InChI=1S/C13H17ClN2O3/c1-9(3-4-14)8-15-13(17)11-5-10(2)6-12(7-11)16(18)19/h5-7,9H,3-4,8H2,1-2H3,(H,15,17). The molecule has 0 spiro atoms. The number of amides is 1. The van der Waals surface area contributed by atoms with Crippen LogP contribution in [0.2, 0.25) is 0 Å². The van der Waals surface area contributed by atoms with E-state index in [-0.39, 0.29) is 17.5 Å². The molecule has 0 bridgehead atoms. The van der Waals surface area contributed by atoms with Crippen LogP contribution >= 0.6 is 11.6 Å². The van der Waals surface area contributed by atoms with Gasteiger partial charge in [0.15, 0.2) is 0 Å². The van der Waals surface area contributed by atoms with Crippen molar-refractivity contribution >= 4 is 23.2 Å². The number of rotatable bonds is 6. The normalized spacial score (nSPS) is 11.9. The second-order valence-corrected chi connectivity index (χ2v) is 4.99. The van der Waals surface area contributed by atoms with Crippen LogP contribution in [0, 0.1) is 23.0 Å². The summed E-state index contributed by atoms with van der Waals surface area (Å²) in [6.07, 6.45) is 0.815. The monoisotopic (exact) mass is 284 g/mol. The topological polar surface area (TPSA) is 72.2 Å². The van der Waals surface area contributed by atoms with Gasteiger partial charge in [0, 0.05) is 30.1 Å². The predicted octanol–water partition coefficient (Wildman–Crippen LogP) is 2.90. The summed E-state index contributed by atoms with van der Waals surface area (Å²) in [6.45, 7) is 4.22. The van der Waals surface area contributed by atoms with Gasteiger partial charge in [-0.2, -0.15) is 0 Å². The molecule has 1 rings (SSSR count). The third-order valence-corrected chi connectivity index (χ3v) is 2.97. The number of benzene rings is 1. The summed E-state index contributed by atoms with van der Waals surface area (Å²) in [5.74, 6) is 0.530. The van der Waals surface area contributed by atoms with Gasteiger partial charge in [0.2, 0.25) is 0 Å². The molecule has 0 saturated carbocycles. The van der Waals surface area contributed by atoms with Crippen LogP contribution in [0.25, 0.3) is 0 Å². The van der Waals surface area contributed by atoms with Gasteiger partial charge in [-0.1, -0.05) is 6.92 Å². The molecule has 0 saturated heterocycles. The molecule has 1 unspecified atom stereocenters. The molecule has 0 radical (unpaired) electrons. The first-order valence-electron chi connectivity index (χ1n) is 6.04. The van der Waals surface area contributed by atoms with Crippen LogP contribution in [-0.4, -0.2) is 23.3 Å². The zero-order valence-corrected chi connectivity index (χ0v) is 11.7. The minimum absolute atomic E-state index is 0.0704. The molecule has 5 nitrogen and oxygen atoms in total. The lowest BCUT2D eigenvalue weighted by Crippen LogP contribution is -2.28. The SMILES string of the molecule is Cc1cc(C(=O)NCC(C)CCCl)cc([N+](=O)[O-])c1. The van der Waals surface area contributed by atoms with Crippen LogP contribution in [0.5, 0.6) is 0 Å². The number of halogens is 1. The predicted molar refractivity (Wildman–Crippen MR) is 74.7 cm³/mol. The second-order valence-electron chi connectivity index (χ2n) is 4.61. The molecule has 0 aromatic heterocycles. The summed E-state index contributed by atoms with van der Waals surface area (Å²) < 4.78 is 0. The van der Waals surface area contributed by atoms with Crippen LogP contribution in [0.4, 0.5) is 5.69 Å². The number of carbonyl (C=O) groups excluding carboxylic acids is 1. The van der Waals surface area contributed by atoms with E-state index in [9.17, 15) is 14.9 Å². The Kier molecular flexibility index (Phi) is 5.76. The Morgan fingerprint density at radius 1 is 1.47 bits per heavy atom. The van der Waals surface area contributed by atoms with Crippen molar-refractivity contribution < 1.29 is 9.72 Å². The first kappa shape index (κ1) is 15.4. The van der Waals surface area contributed by atoms with E-state index in [2.05, 4.69) is 5.32 Å². The number of nitro benzene ring substituents is 1. The van der Waals surface area contributed by atoms with Crippen molar-refractivity contribution in [3.63, 3.8) is 0 Å². The lowest BCUT2D eigenvalue weighted by atomic mass is 10.1. The minimum Gasteiger partial charge on any atom is -0.352 e. The van der Waals surface area contributed by atoms with Gasteiger partial charge in [0.25, 0.3) is 11.6 Å². The van der Waals surface area contributed by atoms with Crippen molar-refractivity contribution in [2.45, 2.75) is 20.3 Å². The van der Waals surface area contributed by atoms with Crippen LogP contribution in [-0.2, 0) is 0 Å². The third kappa shape index (κ3) is 4.87. The molecule has 1 aromatic carbocycles. The molecule has 0 aliphatic heterocycles. The Morgan fingerprint density at radius 3 is 2.74 bits per heavy atom. The number of nitrogens with one attached hydrogen (secondary N) is 1. The maximum atomic E-state index is 11.9. The average Bonchev–Trinajstić information content (AvgIpc) is 2.35. The molecule has 0 heterocycles. The van der Waals surface area contributed by atoms with E-state index in [0.29, 0.717) is 23.6 Å². The number of alkyl halides is 1. The Morgan fingerprint density at radius 2 is 2.16 bits per heavy atom. The molecule has 0 aliphatic carbocycles. The number of nitro groups is 1. The third-order valence-electron chi connectivity index (χ3n) is 2.75. The van der Waals surface area contributed by atoms with Crippen molar-refractivity contribution in [1.29, 1.82) is 0 Å². The fraction of sp³-hybridized carbons (Fsp3) is 0.462. The molecule has 0 aliphatic rings. The largest absolute Gasteiger partial charge is 0.352 e. The molecule has 1 amide bonds. The summed E-state index contributed by atoms with van der Waals surface area (Å²) in [5, 5.41) is 13.5. The van der Waals surface area contributed by atoms with Gasteiger partial charge in [-0.3, -0.25) is 14.9 Å². The first-order valence-corrected chi connectivity index (χ1v) is 6.57. The van der Waals surface area contributed by atoms with E-state index in [1.165, 1.54) is 12.1 Å². The average molecular weight is 285 g/mol. The minimum atomic E-state index is -0.500. The number of carbonyl (C=O) groups is 1. The van der Waals surface area contributed by atoms with Crippen molar-refractivity contribution in [1.82, 2.24) is 5.32 Å². The molecule has 1 atom stereocenters. The fourth-order valence-electron chi connectivity index (χ4n) is 1.66. The lowest BCUT2D eigenvalue weighted by molar-refractivity contribution is -0.384. The Hall–Kier alpha value is -1.62. The number of non-ortho nitro benzene ring substituents is 1. The highest BCUT2D eigenvalue weighted by atomic mass is 35.5. The fourth-order valence-corrected chi connectivity index (χ4v) is 2.03. The van der Waals surface area contributed by atoms with Crippen molar-refractivity contribution in [2.24, 2.45) is 5.92 Å². The van der Waals surface area contributed by atoms with E-state index in [1.54, 1.807) is 13.0 Å². The second kappa shape index (κ2) is 7.09. The number of hydrogen-bond acceptors (Lipinski definition) is 3. The van der Waals surface area contributed by atoms with Gasteiger partial charge in [-0.05, 0) is 30.9 Å². The molecule has 1 N–H and O–H groups in total. The Balaban J connectivity index is 2.74. The summed E-state index contributed by atoms with van der Waals surface area (Å²) in [4.78, 5) is 22.2. The van der Waals surface area contributed by atoms with Gasteiger partial charge in [-0.15, -0.1) is 11.6 Å². The molecular formula is C13H17ClN2O3. The van der Waals surface area contributed by atoms with E-state index in [0.717, 1.165) is 6.42 Å². The maximum Gasteiger partial charge on any atom is 0.270 e. The molecule has 104 valence electrons. The maximum absolute atomic E-state index is 11.9. The summed E-state index contributed by atoms with van der Waals surface area (Å²) in [6, 6.07) is 4.36. The number of hydrogen-bond donors (Lipinski definition) is 1. The van der Waals surface area contributed by atoms with Crippen LogP contribution < -0.4 is 5.32 Å². The highest BCUT2D eigenvalue weighted by molar-refractivity contribution is 6.17. The molecular weight excluding hydrogens is 268 g/mol. The van der Waals surface area contributed by atoms with Crippen LogP contribution in [0.1, 0.15) is 29.3 Å². The smallest absolute Gasteiger partial charge is 0.270 e. The zero-order valence-electron chi connectivity index (χ0n) is 11.0. The van der Waals surface area contributed by atoms with E-state index < -0.39 is 4.92 Å². The van der Waals surface area contributed by atoms with Gasteiger partial charge in [0.1, 0.15) is 0 Å². The van der Waals surface area contributed by atoms with Crippen molar-refractivity contribution in [3.05, 3.63) is 39.4 Å². The number of nitrogens with zero attached hydrogens (tertiary/aromatic N) is 1. The highest BCUT2D eigenvalue weighted by Gasteiger charge is 2.13.